The minimum absolute atomic E-state index is 0.0719. The van der Waals surface area contributed by atoms with Crippen molar-refractivity contribution in [3.8, 4) is 0 Å². The molecule has 0 bridgehead atoms. The highest BCUT2D eigenvalue weighted by molar-refractivity contribution is 6.33. The molecule has 0 aliphatic rings. The predicted molar refractivity (Wildman–Crippen MR) is 89.2 cm³/mol. The summed E-state index contributed by atoms with van der Waals surface area (Å²) in [5.74, 6) is -0.709. The van der Waals surface area contributed by atoms with Crippen LogP contribution in [0.1, 0.15) is 22.6 Å². The Morgan fingerprint density at radius 3 is 2.60 bits per heavy atom. The third-order valence-corrected chi connectivity index (χ3v) is 3.82. The number of hydrogen-bond acceptors (Lipinski definition) is 3. The summed E-state index contributed by atoms with van der Waals surface area (Å²) in [7, 11) is 0. The Hall–Kier alpha value is -2.45. The van der Waals surface area contributed by atoms with E-state index in [1.807, 2.05) is 12.1 Å². The Labute approximate surface area is 151 Å². The molecule has 0 aliphatic heterocycles. The fourth-order valence-electron chi connectivity index (χ4n) is 2.16. The minimum Gasteiger partial charge on any atom is -0.302 e. The second-order valence-electron chi connectivity index (χ2n) is 5.04. The van der Waals surface area contributed by atoms with Gasteiger partial charge in [0, 0.05) is 17.4 Å². The number of aromatic nitrogens is 4. The molecule has 10 heteroatoms. The second-order valence-corrected chi connectivity index (χ2v) is 5.89. The maximum absolute atomic E-state index is 12.8. The number of nitrogens with zero attached hydrogens (tertiary/aromatic N) is 4. The first-order valence-corrected chi connectivity index (χ1v) is 7.80. The maximum Gasteiger partial charge on any atom is 0.333 e. The van der Waals surface area contributed by atoms with Crippen LogP contribution in [0.25, 0.3) is 0 Å². The van der Waals surface area contributed by atoms with E-state index in [-0.39, 0.29) is 16.5 Å². The van der Waals surface area contributed by atoms with Gasteiger partial charge in [0.05, 0.1) is 6.54 Å². The quantitative estimate of drug-likeness (QED) is 0.719. The summed E-state index contributed by atoms with van der Waals surface area (Å²) < 4.78 is 27.4. The number of halogens is 4. The number of alkyl halides is 2. The molecular formula is C15H11Cl2F2N5O. The fourth-order valence-corrected chi connectivity index (χ4v) is 2.48. The summed E-state index contributed by atoms with van der Waals surface area (Å²) in [5, 5.41) is 10.8. The van der Waals surface area contributed by atoms with Gasteiger partial charge in [-0.1, -0.05) is 35.3 Å². The van der Waals surface area contributed by atoms with Gasteiger partial charge in [-0.3, -0.25) is 9.48 Å². The highest BCUT2D eigenvalue weighted by Crippen LogP contribution is 2.22. The van der Waals surface area contributed by atoms with Crippen molar-refractivity contribution < 1.29 is 13.6 Å². The van der Waals surface area contributed by atoms with Gasteiger partial charge in [0.1, 0.15) is 10.7 Å². The van der Waals surface area contributed by atoms with Crippen LogP contribution in [0.3, 0.4) is 0 Å². The van der Waals surface area contributed by atoms with Crippen LogP contribution >= 0.6 is 23.2 Å². The first-order chi connectivity index (χ1) is 11.9. The van der Waals surface area contributed by atoms with Crippen LogP contribution in [-0.4, -0.2) is 25.5 Å². The molecule has 0 spiro atoms. The molecule has 130 valence electrons. The summed E-state index contributed by atoms with van der Waals surface area (Å²) in [4.78, 5) is 12.1. The molecule has 2 heterocycles. The number of benzene rings is 1. The lowest BCUT2D eigenvalue weighted by molar-refractivity contribution is 0.0520. The lowest BCUT2D eigenvalue weighted by Gasteiger charge is -2.06. The van der Waals surface area contributed by atoms with E-state index in [0.717, 1.165) is 11.8 Å². The molecule has 1 amide bonds. The molecule has 0 fully saturated rings. The van der Waals surface area contributed by atoms with Gasteiger partial charge in [-0.15, -0.1) is 0 Å². The van der Waals surface area contributed by atoms with E-state index in [1.165, 1.54) is 16.9 Å². The number of anilines is 1. The third kappa shape index (κ3) is 3.97. The Kier molecular flexibility index (Phi) is 5.00. The van der Waals surface area contributed by atoms with Crippen molar-refractivity contribution in [2.45, 2.75) is 13.1 Å². The SMILES string of the molecule is O=C(Nc1nn(Cc2ccc(Cl)cc2)cc1Cl)c1ccnn1C(F)F. The molecule has 0 radical (unpaired) electrons. The van der Waals surface area contributed by atoms with E-state index in [0.29, 0.717) is 16.2 Å². The van der Waals surface area contributed by atoms with Gasteiger partial charge >= 0.3 is 6.55 Å². The largest absolute Gasteiger partial charge is 0.333 e. The standard InChI is InChI=1S/C15H11Cl2F2N5O/c16-10-3-1-9(2-4-10)7-23-8-11(17)13(22-23)21-14(25)12-5-6-20-24(12)15(18)19/h1-6,8,15H,7H2,(H,21,22,25). The van der Waals surface area contributed by atoms with Crippen molar-refractivity contribution in [1.82, 2.24) is 19.6 Å². The second kappa shape index (κ2) is 7.20. The van der Waals surface area contributed by atoms with Gasteiger partial charge in [-0.2, -0.15) is 23.7 Å². The van der Waals surface area contributed by atoms with Crippen LogP contribution in [0.5, 0.6) is 0 Å². The molecule has 3 aromatic rings. The zero-order chi connectivity index (χ0) is 18.0. The number of rotatable bonds is 5. The Morgan fingerprint density at radius 2 is 1.92 bits per heavy atom. The van der Waals surface area contributed by atoms with Gasteiger partial charge in [0.15, 0.2) is 5.82 Å². The van der Waals surface area contributed by atoms with Gasteiger partial charge in [0.2, 0.25) is 0 Å². The Bertz CT molecular complexity index is 892. The van der Waals surface area contributed by atoms with E-state index < -0.39 is 12.5 Å². The Morgan fingerprint density at radius 1 is 1.20 bits per heavy atom. The third-order valence-electron chi connectivity index (χ3n) is 3.29. The van der Waals surface area contributed by atoms with E-state index >= 15 is 0 Å². The highest BCUT2D eigenvalue weighted by atomic mass is 35.5. The zero-order valence-electron chi connectivity index (χ0n) is 12.5. The molecule has 1 aromatic carbocycles. The molecule has 25 heavy (non-hydrogen) atoms. The van der Waals surface area contributed by atoms with Crippen molar-refractivity contribution in [2.75, 3.05) is 5.32 Å². The van der Waals surface area contributed by atoms with Crippen LogP contribution < -0.4 is 5.32 Å². The average molecular weight is 386 g/mol. The molecule has 1 N–H and O–H groups in total. The fraction of sp³-hybridized carbons (Fsp3) is 0.133. The van der Waals surface area contributed by atoms with Crippen LogP contribution in [0.15, 0.2) is 42.7 Å². The van der Waals surface area contributed by atoms with Crippen molar-refractivity contribution in [1.29, 1.82) is 0 Å². The topological polar surface area (TPSA) is 64.7 Å². The van der Waals surface area contributed by atoms with Gasteiger partial charge in [-0.05, 0) is 23.8 Å². The van der Waals surface area contributed by atoms with Gasteiger partial charge in [-0.25, -0.2) is 0 Å². The van der Waals surface area contributed by atoms with Crippen LogP contribution in [0.2, 0.25) is 10.0 Å². The van der Waals surface area contributed by atoms with Crippen molar-refractivity contribution in [2.24, 2.45) is 0 Å². The van der Waals surface area contributed by atoms with Gasteiger partial charge < -0.3 is 5.32 Å². The van der Waals surface area contributed by atoms with E-state index in [9.17, 15) is 13.6 Å². The summed E-state index contributed by atoms with van der Waals surface area (Å²) in [6, 6.07) is 8.33. The van der Waals surface area contributed by atoms with Crippen molar-refractivity contribution in [3.63, 3.8) is 0 Å². The lowest BCUT2D eigenvalue weighted by atomic mass is 10.2. The van der Waals surface area contributed by atoms with Crippen LogP contribution in [0, 0.1) is 0 Å². The highest BCUT2D eigenvalue weighted by Gasteiger charge is 2.20. The van der Waals surface area contributed by atoms with Crippen molar-refractivity contribution >= 4 is 34.9 Å². The number of amides is 1. The average Bonchev–Trinajstić information content (AvgIpc) is 3.17. The minimum atomic E-state index is -2.92. The van der Waals surface area contributed by atoms with Crippen LogP contribution in [-0.2, 0) is 6.54 Å². The molecule has 0 saturated carbocycles. The lowest BCUT2D eigenvalue weighted by Crippen LogP contribution is -2.19. The molecular weight excluding hydrogens is 375 g/mol. The first kappa shape index (κ1) is 17.4. The number of hydrogen-bond donors (Lipinski definition) is 1. The number of nitrogens with one attached hydrogen (secondary N) is 1. The normalized spacial score (nSPS) is 11.1. The first-order valence-electron chi connectivity index (χ1n) is 7.04. The predicted octanol–water partition coefficient (Wildman–Crippen LogP) is 4.08. The summed E-state index contributed by atoms with van der Waals surface area (Å²) in [6.07, 6.45) is 2.64. The Balaban J connectivity index is 1.75. The molecule has 0 atom stereocenters. The smallest absolute Gasteiger partial charge is 0.302 e. The molecule has 0 unspecified atom stereocenters. The van der Waals surface area contributed by atoms with E-state index in [1.54, 1.807) is 12.1 Å². The maximum atomic E-state index is 12.8. The molecule has 3 rings (SSSR count). The number of carbonyl (C=O) groups excluding carboxylic acids is 1. The molecule has 0 aliphatic carbocycles. The summed E-state index contributed by atoms with van der Waals surface area (Å²) in [6.45, 7) is -2.52. The monoisotopic (exact) mass is 385 g/mol. The van der Waals surface area contributed by atoms with Crippen molar-refractivity contribution in [3.05, 3.63) is 64.0 Å². The van der Waals surface area contributed by atoms with Gasteiger partial charge in [0.25, 0.3) is 5.91 Å². The van der Waals surface area contributed by atoms with E-state index in [4.69, 9.17) is 23.2 Å². The zero-order valence-corrected chi connectivity index (χ0v) is 14.0. The van der Waals surface area contributed by atoms with Crippen LogP contribution in [0.4, 0.5) is 14.6 Å². The molecule has 0 saturated heterocycles. The van der Waals surface area contributed by atoms with E-state index in [2.05, 4.69) is 15.5 Å². The summed E-state index contributed by atoms with van der Waals surface area (Å²) >= 11 is 11.9. The molecule has 6 nitrogen and oxygen atoms in total. The molecule has 2 aromatic heterocycles. The summed E-state index contributed by atoms with van der Waals surface area (Å²) in [5.41, 5.74) is 0.635. The number of carbonyl (C=O) groups is 1.